The number of carbonyl (C=O) groups is 1. The minimum absolute atomic E-state index is 0.0755. The normalized spacial score (nSPS) is 11.0. The van der Waals surface area contributed by atoms with E-state index in [1.165, 1.54) is 28.6 Å². The zero-order valence-corrected chi connectivity index (χ0v) is 20.8. The fourth-order valence-corrected chi connectivity index (χ4v) is 3.93. The first-order chi connectivity index (χ1) is 16.8. The smallest absolute Gasteiger partial charge is 0.256 e. The lowest BCUT2D eigenvalue weighted by molar-refractivity contribution is 0.102. The van der Waals surface area contributed by atoms with Crippen molar-refractivity contribution < 1.29 is 13.9 Å². The van der Waals surface area contributed by atoms with Gasteiger partial charge in [-0.25, -0.2) is 4.39 Å². The van der Waals surface area contributed by atoms with Gasteiger partial charge in [-0.1, -0.05) is 67.4 Å². The molecular weight excluding hydrogens is 488 g/mol. The highest BCUT2D eigenvalue weighted by Gasteiger charge is 2.15. The van der Waals surface area contributed by atoms with E-state index in [0.717, 1.165) is 11.3 Å². The fourth-order valence-electron chi connectivity index (χ4n) is 3.51. The van der Waals surface area contributed by atoms with Gasteiger partial charge < -0.3 is 10.1 Å². The molecule has 0 saturated carbocycles. The van der Waals surface area contributed by atoms with Crippen LogP contribution in [0.15, 0.2) is 72.9 Å². The Morgan fingerprint density at radius 2 is 1.80 bits per heavy atom. The van der Waals surface area contributed by atoms with Crippen molar-refractivity contribution in [1.82, 2.24) is 9.78 Å². The first-order valence-corrected chi connectivity index (χ1v) is 11.8. The van der Waals surface area contributed by atoms with Crippen molar-refractivity contribution in [2.45, 2.75) is 32.9 Å². The van der Waals surface area contributed by atoms with Gasteiger partial charge in [-0.3, -0.25) is 9.48 Å². The minimum atomic E-state index is -0.440. The molecule has 5 nitrogen and oxygen atoms in total. The number of nitrogens with zero attached hydrogens (tertiary/aromatic N) is 2. The second-order valence-corrected chi connectivity index (χ2v) is 9.20. The lowest BCUT2D eigenvalue weighted by Gasteiger charge is -2.10. The molecule has 0 saturated heterocycles. The van der Waals surface area contributed by atoms with Gasteiger partial charge >= 0.3 is 0 Å². The van der Waals surface area contributed by atoms with E-state index in [1.54, 1.807) is 24.3 Å². The van der Waals surface area contributed by atoms with E-state index in [2.05, 4.69) is 24.3 Å². The number of halogens is 3. The summed E-state index contributed by atoms with van der Waals surface area (Å²) in [5.74, 6) is 0.581. The maximum Gasteiger partial charge on any atom is 0.256 e. The van der Waals surface area contributed by atoms with E-state index in [4.69, 9.17) is 27.9 Å². The summed E-state index contributed by atoms with van der Waals surface area (Å²) in [5, 5.41) is 7.50. The van der Waals surface area contributed by atoms with Gasteiger partial charge in [-0.05, 0) is 53.4 Å². The zero-order chi connectivity index (χ0) is 24.9. The third-order valence-corrected chi connectivity index (χ3v) is 6.10. The monoisotopic (exact) mass is 511 g/mol. The lowest BCUT2D eigenvalue weighted by atomic mass is 10.0. The number of aromatic nitrogens is 2. The molecule has 0 fully saturated rings. The van der Waals surface area contributed by atoms with Crippen molar-refractivity contribution in [2.24, 2.45) is 0 Å². The maximum atomic E-state index is 14.1. The minimum Gasteiger partial charge on any atom is -0.489 e. The Labute approximate surface area is 213 Å². The van der Waals surface area contributed by atoms with E-state index in [1.807, 2.05) is 30.3 Å². The van der Waals surface area contributed by atoms with Crippen molar-refractivity contribution in [3.05, 3.63) is 111 Å². The van der Waals surface area contributed by atoms with Crippen LogP contribution in [-0.2, 0) is 13.2 Å². The van der Waals surface area contributed by atoms with Crippen LogP contribution in [0.4, 0.5) is 10.2 Å². The highest BCUT2D eigenvalue weighted by molar-refractivity contribution is 6.33. The summed E-state index contributed by atoms with van der Waals surface area (Å²) in [7, 11) is 0. The lowest BCUT2D eigenvalue weighted by Crippen LogP contribution is -2.14. The summed E-state index contributed by atoms with van der Waals surface area (Å²) in [5.41, 5.74) is 2.81. The number of carbonyl (C=O) groups excluding carboxylic acids is 1. The van der Waals surface area contributed by atoms with Crippen LogP contribution in [0.5, 0.6) is 5.75 Å². The Kier molecular flexibility index (Phi) is 7.73. The molecule has 3 aromatic carbocycles. The molecule has 1 N–H and O–H groups in total. The predicted octanol–water partition coefficient (Wildman–Crippen LogP) is 7.33. The summed E-state index contributed by atoms with van der Waals surface area (Å²) >= 11 is 12.4. The number of nitrogens with one attached hydrogen (secondary N) is 1. The largest absolute Gasteiger partial charge is 0.489 e. The van der Waals surface area contributed by atoms with Crippen LogP contribution in [0.2, 0.25) is 10.0 Å². The molecule has 0 unspecified atom stereocenters. The molecule has 0 aliphatic heterocycles. The fraction of sp³-hybridized carbons (Fsp3) is 0.185. The zero-order valence-electron chi connectivity index (χ0n) is 19.3. The predicted molar refractivity (Wildman–Crippen MR) is 137 cm³/mol. The standard InChI is InChI=1S/C27H24Cl2FN3O2/c1-17(2)19-9-11-21(12-10-19)35-16-18-5-3-6-20(13-18)27(34)31-26-24(29)15-33(32-26)14-22-23(28)7-4-8-25(22)30/h3-13,15,17H,14,16H2,1-2H3,(H,31,32,34). The number of ether oxygens (including phenoxy) is 1. The Morgan fingerprint density at radius 3 is 2.51 bits per heavy atom. The second kappa shape index (κ2) is 10.9. The van der Waals surface area contributed by atoms with Gasteiger partial charge in [-0.15, -0.1) is 0 Å². The van der Waals surface area contributed by atoms with Crippen molar-refractivity contribution in [2.75, 3.05) is 5.32 Å². The first-order valence-electron chi connectivity index (χ1n) is 11.1. The maximum absolute atomic E-state index is 14.1. The molecule has 1 aromatic heterocycles. The number of hydrogen-bond acceptors (Lipinski definition) is 3. The molecule has 1 heterocycles. The van der Waals surface area contributed by atoms with Gasteiger partial charge in [0.05, 0.1) is 6.54 Å². The quantitative estimate of drug-likeness (QED) is 0.269. The second-order valence-electron chi connectivity index (χ2n) is 8.39. The third-order valence-electron chi connectivity index (χ3n) is 5.47. The number of benzene rings is 3. The molecule has 8 heteroatoms. The van der Waals surface area contributed by atoms with Gasteiger partial charge in [0.1, 0.15) is 23.2 Å². The summed E-state index contributed by atoms with van der Waals surface area (Å²) in [6, 6.07) is 19.6. The summed E-state index contributed by atoms with van der Waals surface area (Å²) < 4.78 is 21.4. The molecule has 1 amide bonds. The Hall–Kier alpha value is -3.35. The molecule has 0 atom stereocenters. The van der Waals surface area contributed by atoms with E-state index < -0.39 is 5.82 Å². The topological polar surface area (TPSA) is 56.1 Å². The van der Waals surface area contributed by atoms with Crippen molar-refractivity contribution in [3.8, 4) is 5.75 Å². The summed E-state index contributed by atoms with van der Waals surface area (Å²) in [4.78, 5) is 12.8. The number of anilines is 1. The summed E-state index contributed by atoms with van der Waals surface area (Å²) in [6.07, 6.45) is 1.51. The molecule has 180 valence electrons. The van der Waals surface area contributed by atoms with E-state index in [9.17, 15) is 9.18 Å². The molecule has 0 bridgehead atoms. The molecule has 4 aromatic rings. The van der Waals surface area contributed by atoms with Gasteiger partial charge in [0.15, 0.2) is 5.82 Å². The summed E-state index contributed by atoms with van der Waals surface area (Å²) in [6.45, 7) is 4.68. The highest BCUT2D eigenvalue weighted by Crippen LogP contribution is 2.24. The van der Waals surface area contributed by atoms with Crippen LogP contribution >= 0.6 is 23.2 Å². The molecule has 0 spiro atoms. The van der Waals surface area contributed by atoms with Gasteiger partial charge in [0.2, 0.25) is 0 Å². The highest BCUT2D eigenvalue weighted by atomic mass is 35.5. The Balaban J connectivity index is 1.41. The van der Waals surface area contributed by atoms with E-state index in [-0.39, 0.29) is 33.9 Å². The first kappa shape index (κ1) is 24.8. The molecule has 0 aliphatic rings. The average molecular weight is 512 g/mol. The van der Waals surface area contributed by atoms with E-state index in [0.29, 0.717) is 18.1 Å². The molecule has 35 heavy (non-hydrogen) atoms. The van der Waals surface area contributed by atoms with E-state index >= 15 is 0 Å². The van der Waals surface area contributed by atoms with Crippen LogP contribution < -0.4 is 10.1 Å². The van der Waals surface area contributed by atoms with Crippen LogP contribution in [0.3, 0.4) is 0 Å². The third kappa shape index (κ3) is 6.21. The van der Waals surface area contributed by atoms with Crippen molar-refractivity contribution in [3.63, 3.8) is 0 Å². The van der Waals surface area contributed by atoms with Crippen LogP contribution in [-0.4, -0.2) is 15.7 Å². The SMILES string of the molecule is CC(C)c1ccc(OCc2cccc(C(=O)Nc3nn(Cc4c(F)cccc4Cl)cc3Cl)c2)cc1. The number of hydrogen-bond donors (Lipinski definition) is 1. The van der Waals surface area contributed by atoms with Crippen molar-refractivity contribution >= 4 is 34.9 Å². The molecule has 0 radical (unpaired) electrons. The van der Waals surface area contributed by atoms with Crippen LogP contribution in [0.1, 0.15) is 46.8 Å². The number of rotatable bonds is 8. The van der Waals surface area contributed by atoms with Gasteiger partial charge in [0.25, 0.3) is 5.91 Å². The van der Waals surface area contributed by atoms with Crippen LogP contribution in [0.25, 0.3) is 0 Å². The van der Waals surface area contributed by atoms with Gasteiger partial charge in [-0.2, -0.15) is 5.10 Å². The Morgan fingerprint density at radius 1 is 1.06 bits per heavy atom. The van der Waals surface area contributed by atoms with Gasteiger partial charge in [0, 0.05) is 22.3 Å². The molecule has 4 rings (SSSR count). The number of amides is 1. The van der Waals surface area contributed by atoms with Crippen LogP contribution in [0, 0.1) is 5.82 Å². The van der Waals surface area contributed by atoms with Crippen molar-refractivity contribution in [1.29, 1.82) is 0 Å². The molecular formula is C27H24Cl2FN3O2. The Bertz CT molecular complexity index is 1320. The molecule has 0 aliphatic carbocycles. The average Bonchev–Trinajstić information content (AvgIpc) is 3.19.